The molecule has 1 fully saturated rings. The van der Waals surface area contributed by atoms with E-state index in [1.54, 1.807) is 18.2 Å². The van der Waals surface area contributed by atoms with Crippen LogP contribution in [-0.2, 0) is 12.1 Å². The molecule has 0 radical (unpaired) electrons. The van der Waals surface area contributed by atoms with Crippen LogP contribution >= 0.6 is 0 Å². The van der Waals surface area contributed by atoms with Crippen LogP contribution in [0.5, 0.6) is 5.88 Å². The molecule has 3 rings (SSSR count). The Morgan fingerprint density at radius 3 is 2.87 bits per heavy atom. The van der Waals surface area contributed by atoms with Gasteiger partial charge in [0.2, 0.25) is 11.7 Å². The first-order chi connectivity index (χ1) is 10.9. The number of hydrogen-bond donors (Lipinski definition) is 1. The summed E-state index contributed by atoms with van der Waals surface area (Å²) in [6.07, 6.45) is -4.17. The van der Waals surface area contributed by atoms with Gasteiger partial charge in [-0.1, -0.05) is 6.07 Å². The first kappa shape index (κ1) is 15.7. The van der Waals surface area contributed by atoms with Crippen LogP contribution in [0.25, 0.3) is 0 Å². The largest absolute Gasteiger partial charge is 0.481 e. The fraction of sp³-hybridized carbons (Fsp3) is 0.538. The van der Waals surface area contributed by atoms with Gasteiger partial charge in [0.05, 0.1) is 12.8 Å². The second-order valence-corrected chi connectivity index (χ2v) is 5.25. The molecule has 0 spiro atoms. The van der Waals surface area contributed by atoms with Gasteiger partial charge in [-0.3, -0.25) is 5.32 Å². The smallest absolute Gasteiger partial charge is 0.414 e. The molecule has 0 aromatic carbocycles. The summed E-state index contributed by atoms with van der Waals surface area (Å²) in [7, 11) is 1.48. The molecule has 7 nitrogen and oxygen atoms in total. The highest BCUT2D eigenvalue weighted by molar-refractivity contribution is 5.16. The Morgan fingerprint density at radius 2 is 2.22 bits per heavy atom. The number of hydrogen-bond acceptors (Lipinski definition) is 6. The molecule has 1 aliphatic rings. The van der Waals surface area contributed by atoms with E-state index in [1.165, 1.54) is 7.11 Å². The van der Waals surface area contributed by atoms with Crippen molar-refractivity contribution < 1.29 is 17.9 Å². The van der Waals surface area contributed by atoms with Crippen molar-refractivity contribution in [1.29, 1.82) is 0 Å². The maximum atomic E-state index is 13.4. The zero-order chi connectivity index (χ0) is 16.5. The molecule has 124 valence electrons. The fourth-order valence-electron chi connectivity index (χ4n) is 2.59. The second-order valence-electron chi connectivity index (χ2n) is 5.25. The highest BCUT2D eigenvalue weighted by Gasteiger charge is 2.60. The summed E-state index contributed by atoms with van der Waals surface area (Å²) < 4.78 is 45.3. The number of aromatic nitrogens is 5. The van der Waals surface area contributed by atoms with Gasteiger partial charge in [-0.25, -0.2) is 4.98 Å². The van der Waals surface area contributed by atoms with Crippen LogP contribution in [0.4, 0.5) is 13.2 Å². The Bertz CT molecular complexity index is 680. The van der Waals surface area contributed by atoms with Gasteiger partial charge < -0.3 is 4.74 Å². The van der Waals surface area contributed by atoms with Gasteiger partial charge in [0.15, 0.2) is 5.54 Å². The van der Waals surface area contributed by atoms with E-state index in [0.717, 1.165) is 4.80 Å². The molecule has 3 heterocycles. The Labute approximate surface area is 129 Å². The van der Waals surface area contributed by atoms with Gasteiger partial charge in [0, 0.05) is 6.07 Å². The van der Waals surface area contributed by atoms with Gasteiger partial charge in [-0.2, -0.15) is 18.0 Å². The third-order valence-electron chi connectivity index (χ3n) is 3.77. The normalized spacial score (nSPS) is 21.6. The van der Waals surface area contributed by atoms with Gasteiger partial charge >= 0.3 is 6.18 Å². The molecule has 0 amide bonds. The van der Waals surface area contributed by atoms with E-state index in [-0.39, 0.29) is 25.3 Å². The quantitative estimate of drug-likeness (QED) is 0.911. The molecule has 2 aromatic heterocycles. The van der Waals surface area contributed by atoms with E-state index in [9.17, 15) is 13.2 Å². The van der Waals surface area contributed by atoms with E-state index in [0.29, 0.717) is 18.0 Å². The highest BCUT2D eigenvalue weighted by atomic mass is 19.4. The molecule has 0 saturated carbocycles. The average molecular weight is 328 g/mol. The zero-order valence-corrected chi connectivity index (χ0v) is 12.3. The van der Waals surface area contributed by atoms with Gasteiger partial charge in [-0.15, -0.1) is 10.2 Å². The first-order valence-corrected chi connectivity index (χ1v) is 7.04. The topological polar surface area (TPSA) is 77.8 Å². The summed E-state index contributed by atoms with van der Waals surface area (Å²) >= 11 is 0. The van der Waals surface area contributed by atoms with E-state index < -0.39 is 11.7 Å². The lowest BCUT2D eigenvalue weighted by Crippen LogP contribution is -2.50. The monoisotopic (exact) mass is 328 g/mol. The number of tetrazole rings is 1. The van der Waals surface area contributed by atoms with Crippen LogP contribution in [-0.4, -0.2) is 45.0 Å². The number of alkyl halides is 3. The molecule has 1 aliphatic heterocycles. The molecular weight excluding hydrogens is 313 g/mol. The van der Waals surface area contributed by atoms with E-state index in [4.69, 9.17) is 4.74 Å². The number of pyridine rings is 1. The molecule has 0 bridgehead atoms. The molecule has 1 atom stereocenters. The maximum absolute atomic E-state index is 13.4. The molecule has 1 N–H and O–H groups in total. The Morgan fingerprint density at radius 1 is 1.39 bits per heavy atom. The number of ether oxygens (including phenoxy) is 1. The van der Waals surface area contributed by atoms with Crippen LogP contribution in [0.2, 0.25) is 0 Å². The predicted octanol–water partition coefficient (Wildman–Crippen LogP) is 1.27. The Hall–Kier alpha value is -2.23. The standard InChI is InChI=1S/C13H15F3N6O/c1-23-10-5-2-4-9(18-10)8-22-20-11(19-21-22)12(13(14,15)16)6-3-7-17-12/h2,4-5,17H,3,6-8H2,1H3. The van der Waals surface area contributed by atoms with Crippen molar-refractivity contribution in [3.8, 4) is 5.88 Å². The molecule has 10 heteroatoms. The van der Waals surface area contributed by atoms with Crippen molar-refractivity contribution >= 4 is 0 Å². The van der Waals surface area contributed by atoms with Crippen molar-refractivity contribution in [2.45, 2.75) is 31.1 Å². The molecular formula is C13H15F3N6O. The van der Waals surface area contributed by atoms with Crippen LogP contribution in [0, 0.1) is 0 Å². The van der Waals surface area contributed by atoms with E-state index in [2.05, 4.69) is 25.7 Å². The summed E-state index contributed by atoms with van der Waals surface area (Å²) in [6, 6.07) is 5.11. The summed E-state index contributed by atoms with van der Waals surface area (Å²) in [5.41, 5.74) is -1.65. The maximum Gasteiger partial charge on any atom is 0.414 e. The van der Waals surface area contributed by atoms with E-state index >= 15 is 0 Å². The minimum Gasteiger partial charge on any atom is -0.481 e. The summed E-state index contributed by atoms with van der Waals surface area (Å²) in [4.78, 5) is 5.27. The average Bonchev–Trinajstić information content (AvgIpc) is 3.16. The molecule has 1 saturated heterocycles. The van der Waals surface area contributed by atoms with Crippen molar-refractivity contribution in [2.75, 3.05) is 13.7 Å². The lowest BCUT2D eigenvalue weighted by Gasteiger charge is -2.28. The minimum atomic E-state index is -4.48. The number of halogens is 3. The van der Waals surface area contributed by atoms with Gasteiger partial charge in [0.25, 0.3) is 0 Å². The number of nitrogens with one attached hydrogen (secondary N) is 1. The summed E-state index contributed by atoms with van der Waals surface area (Å²) in [5, 5.41) is 13.7. The molecule has 2 aromatic rings. The predicted molar refractivity (Wildman–Crippen MR) is 72.7 cm³/mol. The fourth-order valence-corrected chi connectivity index (χ4v) is 2.59. The minimum absolute atomic E-state index is 0.0976. The van der Waals surface area contributed by atoms with Crippen molar-refractivity contribution in [2.24, 2.45) is 0 Å². The highest BCUT2D eigenvalue weighted by Crippen LogP contribution is 2.43. The Balaban J connectivity index is 1.85. The third-order valence-corrected chi connectivity index (χ3v) is 3.77. The molecule has 1 unspecified atom stereocenters. The first-order valence-electron chi connectivity index (χ1n) is 7.04. The third kappa shape index (κ3) is 2.85. The lowest BCUT2D eigenvalue weighted by atomic mass is 9.96. The Kier molecular flexibility index (Phi) is 3.92. The van der Waals surface area contributed by atoms with Crippen LogP contribution < -0.4 is 10.1 Å². The zero-order valence-electron chi connectivity index (χ0n) is 12.3. The lowest BCUT2D eigenvalue weighted by molar-refractivity contribution is -0.198. The summed E-state index contributed by atoms with van der Waals surface area (Å²) in [5.74, 6) is 0.0532. The van der Waals surface area contributed by atoms with Crippen LogP contribution in [0.3, 0.4) is 0 Å². The van der Waals surface area contributed by atoms with Gasteiger partial charge in [-0.05, 0) is 30.7 Å². The van der Waals surface area contributed by atoms with Crippen molar-refractivity contribution in [3.63, 3.8) is 0 Å². The number of methoxy groups -OCH3 is 1. The van der Waals surface area contributed by atoms with E-state index in [1.807, 2.05) is 0 Å². The number of rotatable bonds is 4. The van der Waals surface area contributed by atoms with Crippen molar-refractivity contribution in [3.05, 3.63) is 29.7 Å². The summed E-state index contributed by atoms with van der Waals surface area (Å²) in [6.45, 7) is 0.379. The molecule has 23 heavy (non-hydrogen) atoms. The second kappa shape index (κ2) is 5.76. The number of nitrogens with zero attached hydrogens (tertiary/aromatic N) is 5. The van der Waals surface area contributed by atoms with Crippen LogP contribution in [0.1, 0.15) is 24.4 Å². The SMILES string of the molecule is COc1cccc(Cn2nnc(C3(C(F)(F)F)CCCN3)n2)n1. The van der Waals surface area contributed by atoms with Gasteiger partial charge in [0.1, 0.15) is 6.54 Å². The molecule has 0 aliphatic carbocycles. The van der Waals surface area contributed by atoms with Crippen molar-refractivity contribution in [1.82, 2.24) is 30.5 Å². The van der Waals surface area contributed by atoms with Crippen LogP contribution in [0.15, 0.2) is 18.2 Å².